The highest BCUT2D eigenvalue weighted by molar-refractivity contribution is 5.01. The number of hydrogen-bond donors (Lipinski definition) is 1. The first-order chi connectivity index (χ1) is 5.41. The van der Waals surface area contributed by atoms with Crippen molar-refractivity contribution in [2.75, 3.05) is 0 Å². The molecule has 6 heteroatoms. The third-order valence-electron chi connectivity index (χ3n) is 1.19. The third-order valence-corrected chi connectivity index (χ3v) is 1.19. The summed E-state index contributed by atoms with van der Waals surface area (Å²) in [5.74, 6) is -1.33. The van der Waals surface area contributed by atoms with Crippen molar-refractivity contribution in [3.05, 3.63) is 17.8 Å². The predicted octanol–water partition coefficient (Wildman–Crippen LogP) is 1.75. The number of oxazole rings is 1. The molecule has 1 N–H and O–H groups in total. The van der Waals surface area contributed by atoms with Gasteiger partial charge in [0, 0.05) is 0 Å². The van der Waals surface area contributed by atoms with Crippen LogP contribution in [0.5, 0.6) is 0 Å². The molecule has 0 saturated heterocycles. The van der Waals surface area contributed by atoms with E-state index in [0.29, 0.717) is 0 Å². The van der Waals surface area contributed by atoms with Crippen molar-refractivity contribution in [1.29, 1.82) is 0 Å². The Labute approximate surface area is 65.8 Å². The minimum atomic E-state index is -4.59. The molecule has 0 aromatic carbocycles. The summed E-state index contributed by atoms with van der Waals surface area (Å²) >= 11 is 0. The van der Waals surface area contributed by atoms with Gasteiger partial charge in [-0.2, -0.15) is 13.2 Å². The topological polar surface area (TPSA) is 46.3 Å². The summed E-state index contributed by atoms with van der Waals surface area (Å²) in [6, 6.07) is 0. The Morgan fingerprint density at radius 3 is 2.42 bits per heavy atom. The van der Waals surface area contributed by atoms with Gasteiger partial charge < -0.3 is 9.52 Å². The first-order valence-corrected chi connectivity index (χ1v) is 3.12. The largest absolute Gasteiger partial charge is 0.468 e. The standard InChI is InChI=1S/C6H6F3NO2/c1-3(11)4-2-12-5(10-4)6(7,8)9/h2-3,11H,1H3. The molecule has 0 radical (unpaired) electrons. The molecule has 1 heterocycles. The molecule has 0 saturated carbocycles. The lowest BCUT2D eigenvalue weighted by Gasteiger charge is -1.98. The van der Waals surface area contributed by atoms with Gasteiger partial charge in [0.05, 0.1) is 6.10 Å². The van der Waals surface area contributed by atoms with E-state index in [2.05, 4.69) is 9.40 Å². The van der Waals surface area contributed by atoms with Crippen LogP contribution >= 0.6 is 0 Å². The zero-order valence-corrected chi connectivity index (χ0v) is 6.09. The Hall–Kier alpha value is -1.04. The molecule has 0 bridgehead atoms. The Balaban J connectivity index is 2.92. The molecule has 0 amide bonds. The predicted molar refractivity (Wildman–Crippen MR) is 32.1 cm³/mol. The lowest BCUT2D eigenvalue weighted by atomic mass is 10.3. The number of aliphatic hydroxyl groups is 1. The summed E-state index contributed by atoms with van der Waals surface area (Å²) in [7, 11) is 0. The summed E-state index contributed by atoms with van der Waals surface area (Å²) in [4.78, 5) is 3.04. The summed E-state index contributed by atoms with van der Waals surface area (Å²) < 4.78 is 39.6. The van der Waals surface area contributed by atoms with Crippen LogP contribution in [0, 0.1) is 0 Å². The fourth-order valence-corrected chi connectivity index (χ4v) is 0.608. The lowest BCUT2D eigenvalue weighted by molar-refractivity contribution is -0.157. The van der Waals surface area contributed by atoms with E-state index >= 15 is 0 Å². The molecule has 0 fully saturated rings. The minimum Gasteiger partial charge on any atom is -0.441 e. The van der Waals surface area contributed by atoms with Crippen LogP contribution in [0.1, 0.15) is 24.6 Å². The molecular weight excluding hydrogens is 175 g/mol. The number of alkyl halides is 3. The zero-order valence-electron chi connectivity index (χ0n) is 6.09. The quantitative estimate of drug-likeness (QED) is 0.717. The average molecular weight is 181 g/mol. The number of aromatic nitrogens is 1. The maximum atomic E-state index is 11.8. The number of nitrogens with zero attached hydrogens (tertiary/aromatic N) is 1. The normalized spacial score (nSPS) is 14.8. The van der Waals surface area contributed by atoms with Crippen LogP contribution in [0.2, 0.25) is 0 Å². The van der Waals surface area contributed by atoms with Crippen molar-refractivity contribution in [1.82, 2.24) is 4.98 Å². The van der Waals surface area contributed by atoms with E-state index in [9.17, 15) is 13.2 Å². The van der Waals surface area contributed by atoms with Crippen LogP contribution in [-0.4, -0.2) is 10.1 Å². The van der Waals surface area contributed by atoms with Crippen molar-refractivity contribution >= 4 is 0 Å². The van der Waals surface area contributed by atoms with Gasteiger partial charge in [0.2, 0.25) is 0 Å². The van der Waals surface area contributed by atoms with E-state index in [0.717, 1.165) is 6.26 Å². The van der Waals surface area contributed by atoms with Crippen LogP contribution in [0.3, 0.4) is 0 Å². The number of aliphatic hydroxyl groups excluding tert-OH is 1. The van der Waals surface area contributed by atoms with Gasteiger partial charge >= 0.3 is 12.1 Å². The van der Waals surface area contributed by atoms with E-state index < -0.39 is 18.2 Å². The van der Waals surface area contributed by atoms with Gasteiger partial charge in [0.15, 0.2) is 0 Å². The molecule has 3 nitrogen and oxygen atoms in total. The molecule has 0 spiro atoms. The highest BCUT2D eigenvalue weighted by Gasteiger charge is 2.37. The highest BCUT2D eigenvalue weighted by atomic mass is 19.4. The van der Waals surface area contributed by atoms with Gasteiger partial charge in [-0.3, -0.25) is 0 Å². The SMILES string of the molecule is CC(O)c1coc(C(F)(F)F)n1. The van der Waals surface area contributed by atoms with Crippen LogP contribution in [0.15, 0.2) is 10.7 Å². The second-order valence-corrected chi connectivity index (χ2v) is 2.25. The molecule has 0 aliphatic rings. The average Bonchev–Trinajstić information content (AvgIpc) is 2.30. The fourth-order valence-electron chi connectivity index (χ4n) is 0.608. The smallest absolute Gasteiger partial charge is 0.441 e. The van der Waals surface area contributed by atoms with Crippen LogP contribution < -0.4 is 0 Å². The van der Waals surface area contributed by atoms with E-state index in [1.165, 1.54) is 6.92 Å². The first-order valence-electron chi connectivity index (χ1n) is 3.12. The molecule has 1 unspecified atom stereocenters. The Bertz CT molecular complexity index is 266. The van der Waals surface area contributed by atoms with Gasteiger partial charge in [-0.25, -0.2) is 4.98 Å². The van der Waals surface area contributed by atoms with Crippen molar-refractivity contribution in [2.45, 2.75) is 19.2 Å². The maximum Gasteiger partial charge on any atom is 0.468 e. The highest BCUT2D eigenvalue weighted by Crippen LogP contribution is 2.29. The summed E-state index contributed by atoms with van der Waals surface area (Å²) in [5.41, 5.74) is -0.123. The van der Waals surface area contributed by atoms with Gasteiger partial charge in [-0.15, -0.1) is 0 Å². The van der Waals surface area contributed by atoms with Crippen LogP contribution in [0.25, 0.3) is 0 Å². The van der Waals surface area contributed by atoms with Crippen molar-refractivity contribution in [2.24, 2.45) is 0 Å². The van der Waals surface area contributed by atoms with Gasteiger partial charge in [-0.1, -0.05) is 0 Å². The van der Waals surface area contributed by atoms with E-state index in [-0.39, 0.29) is 5.69 Å². The molecule has 0 aliphatic carbocycles. The van der Waals surface area contributed by atoms with E-state index in [1.54, 1.807) is 0 Å². The van der Waals surface area contributed by atoms with E-state index in [1.807, 2.05) is 0 Å². The Morgan fingerprint density at radius 2 is 2.17 bits per heavy atom. The maximum absolute atomic E-state index is 11.8. The second kappa shape index (κ2) is 2.78. The monoisotopic (exact) mass is 181 g/mol. The van der Waals surface area contributed by atoms with Gasteiger partial charge in [-0.05, 0) is 6.92 Å². The van der Waals surface area contributed by atoms with Gasteiger partial charge in [0.25, 0.3) is 0 Å². The fraction of sp³-hybridized carbons (Fsp3) is 0.500. The molecule has 1 aromatic rings. The molecule has 1 atom stereocenters. The molecule has 1 aromatic heterocycles. The molecule has 1 rings (SSSR count). The minimum absolute atomic E-state index is 0.123. The zero-order chi connectivity index (χ0) is 9.35. The third kappa shape index (κ3) is 1.76. The molecule has 0 aliphatic heterocycles. The number of halogens is 3. The van der Waals surface area contributed by atoms with E-state index in [4.69, 9.17) is 5.11 Å². The Morgan fingerprint density at radius 1 is 1.58 bits per heavy atom. The van der Waals surface area contributed by atoms with Gasteiger partial charge in [0.1, 0.15) is 12.0 Å². The first kappa shape index (κ1) is 9.05. The summed E-state index contributed by atoms with van der Waals surface area (Å²) in [6.45, 7) is 1.30. The molecular formula is C6H6F3NO2. The van der Waals surface area contributed by atoms with Crippen LogP contribution in [0.4, 0.5) is 13.2 Å². The van der Waals surface area contributed by atoms with Crippen molar-refractivity contribution in [3.63, 3.8) is 0 Å². The lowest BCUT2D eigenvalue weighted by Crippen LogP contribution is -2.05. The van der Waals surface area contributed by atoms with Crippen molar-refractivity contribution in [3.8, 4) is 0 Å². The molecule has 12 heavy (non-hydrogen) atoms. The molecule has 68 valence electrons. The Kier molecular flexibility index (Phi) is 2.10. The van der Waals surface area contributed by atoms with Crippen molar-refractivity contribution < 1.29 is 22.7 Å². The number of rotatable bonds is 1. The summed E-state index contributed by atoms with van der Waals surface area (Å²) in [5, 5.41) is 8.81. The number of hydrogen-bond acceptors (Lipinski definition) is 3. The summed E-state index contributed by atoms with van der Waals surface area (Å²) in [6.07, 6.45) is -4.86. The van der Waals surface area contributed by atoms with Crippen LogP contribution in [-0.2, 0) is 6.18 Å². The second-order valence-electron chi connectivity index (χ2n) is 2.25.